The Balaban J connectivity index is 1.14. The molecule has 4 heterocycles. The van der Waals surface area contributed by atoms with Gasteiger partial charge in [-0.25, -0.2) is 4.79 Å². The molecule has 11 nitrogen and oxygen atoms in total. The van der Waals surface area contributed by atoms with Crippen molar-refractivity contribution in [1.29, 1.82) is 0 Å². The van der Waals surface area contributed by atoms with E-state index in [4.69, 9.17) is 14.0 Å². The number of aromatic nitrogens is 1. The molecule has 1 aromatic heterocycles. The Morgan fingerprint density at radius 2 is 1.92 bits per heavy atom. The molecule has 0 saturated carbocycles. The fourth-order valence-corrected chi connectivity index (χ4v) is 5.84. The Labute approximate surface area is 228 Å². The van der Waals surface area contributed by atoms with E-state index < -0.39 is 12.2 Å². The van der Waals surface area contributed by atoms with Crippen LogP contribution in [0.15, 0.2) is 34.9 Å². The molecule has 3 fully saturated rings. The number of hydrogen-bond donors (Lipinski definition) is 3. The van der Waals surface area contributed by atoms with Crippen molar-refractivity contribution in [3.8, 4) is 0 Å². The highest BCUT2D eigenvalue weighted by molar-refractivity contribution is 5.90. The lowest BCUT2D eigenvalue weighted by molar-refractivity contribution is -0.150. The van der Waals surface area contributed by atoms with Gasteiger partial charge >= 0.3 is 6.03 Å². The summed E-state index contributed by atoms with van der Waals surface area (Å²) in [5.41, 5.74) is 2.40. The molecule has 3 aliphatic heterocycles. The van der Waals surface area contributed by atoms with E-state index in [2.05, 4.69) is 32.8 Å². The molecule has 3 aliphatic rings. The van der Waals surface area contributed by atoms with Gasteiger partial charge in [0.2, 0.25) is 5.91 Å². The van der Waals surface area contributed by atoms with E-state index in [1.54, 1.807) is 18.7 Å². The molecule has 39 heavy (non-hydrogen) atoms. The molecule has 0 aliphatic carbocycles. The molecule has 5 atom stereocenters. The molecule has 3 N–H and O–H groups in total. The first-order valence-electron chi connectivity index (χ1n) is 13.8. The molecule has 0 unspecified atom stereocenters. The Morgan fingerprint density at radius 3 is 2.69 bits per heavy atom. The molecule has 3 saturated heterocycles. The molecule has 0 radical (unpaired) electrons. The van der Waals surface area contributed by atoms with Crippen molar-refractivity contribution in [2.24, 2.45) is 0 Å². The number of carbonyl (C=O) groups excluding carboxylic acids is 2. The van der Waals surface area contributed by atoms with E-state index in [-0.39, 0.29) is 56.3 Å². The number of carbonyl (C=O) groups is 2. The first-order valence-corrected chi connectivity index (χ1v) is 13.8. The Bertz CT molecular complexity index is 1110. The van der Waals surface area contributed by atoms with Crippen molar-refractivity contribution in [2.45, 2.75) is 76.5 Å². The van der Waals surface area contributed by atoms with E-state index in [9.17, 15) is 14.7 Å². The summed E-state index contributed by atoms with van der Waals surface area (Å²) < 4.78 is 17.2. The van der Waals surface area contributed by atoms with Crippen LogP contribution in [0, 0.1) is 13.8 Å². The van der Waals surface area contributed by atoms with E-state index in [1.165, 1.54) is 5.56 Å². The lowest BCUT2D eigenvalue weighted by Crippen LogP contribution is -2.58. The second-order valence-electron chi connectivity index (χ2n) is 10.9. The number of fused-ring (bicyclic) bond motifs is 1. The molecule has 0 spiro atoms. The predicted octanol–water partition coefficient (Wildman–Crippen LogP) is 2.21. The third-order valence-electron chi connectivity index (χ3n) is 7.81. The van der Waals surface area contributed by atoms with Gasteiger partial charge in [0.1, 0.15) is 17.5 Å². The van der Waals surface area contributed by atoms with Crippen LogP contribution in [-0.4, -0.2) is 95.2 Å². The van der Waals surface area contributed by atoms with Crippen LogP contribution in [0.4, 0.5) is 10.5 Å². The monoisotopic (exact) mass is 541 g/mol. The zero-order chi connectivity index (χ0) is 27.4. The van der Waals surface area contributed by atoms with Crippen LogP contribution >= 0.6 is 0 Å². The van der Waals surface area contributed by atoms with Gasteiger partial charge in [-0.05, 0) is 38.7 Å². The van der Waals surface area contributed by atoms with Crippen LogP contribution in [0.3, 0.4) is 0 Å². The minimum atomic E-state index is -0.808. The molecule has 1 aromatic carbocycles. The molecule has 212 valence electrons. The van der Waals surface area contributed by atoms with Gasteiger partial charge < -0.3 is 34.6 Å². The number of aliphatic hydroxyl groups excluding tert-OH is 1. The minimum Gasteiger partial charge on any atom is -0.389 e. The largest absolute Gasteiger partial charge is 0.389 e. The van der Waals surface area contributed by atoms with E-state index in [1.807, 2.05) is 18.2 Å². The number of benzene rings is 1. The van der Waals surface area contributed by atoms with Gasteiger partial charge in [0.15, 0.2) is 5.76 Å². The summed E-state index contributed by atoms with van der Waals surface area (Å²) in [7, 11) is 0. The van der Waals surface area contributed by atoms with Gasteiger partial charge in [0.05, 0.1) is 44.4 Å². The maximum atomic E-state index is 13.3. The van der Waals surface area contributed by atoms with Crippen molar-refractivity contribution in [1.82, 2.24) is 20.3 Å². The number of nitrogens with zero attached hydrogens (tertiary/aromatic N) is 3. The summed E-state index contributed by atoms with van der Waals surface area (Å²) in [4.78, 5) is 30.2. The fourth-order valence-electron chi connectivity index (χ4n) is 5.84. The molecule has 2 aromatic rings. The molecular weight excluding hydrogens is 502 g/mol. The number of anilines is 1. The maximum absolute atomic E-state index is 13.3. The smallest absolute Gasteiger partial charge is 0.322 e. The highest BCUT2D eigenvalue weighted by Gasteiger charge is 2.40. The number of urea groups is 1. The number of amides is 3. The van der Waals surface area contributed by atoms with E-state index in [0.29, 0.717) is 30.0 Å². The molecule has 0 bridgehead atoms. The highest BCUT2D eigenvalue weighted by atomic mass is 16.5. The first kappa shape index (κ1) is 27.6. The van der Waals surface area contributed by atoms with Crippen LogP contribution < -0.4 is 10.6 Å². The Kier molecular flexibility index (Phi) is 8.81. The van der Waals surface area contributed by atoms with Crippen molar-refractivity contribution < 1.29 is 28.7 Å². The number of likely N-dealkylation sites (tertiary alicyclic amines) is 1. The summed E-state index contributed by atoms with van der Waals surface area (Å²) >= 11 is 0. The van der Waals surface area contributed by atoms with Gasteiger partial charge in [-0.3, -0.25) is 9.69 Å². The summed E-state index contributed by atoms with van der Waals surface area (Å²) in [5, 5.41) is 20.4. The highest BCUT2D eigenvalue weighted by Crippen LogP contribution is 2.29. The zero-order valence-electron chi connectivity index (χ0n) is 22.7. The van der Waals surface area contributed by atoms with Crippen molar-refractivity contribution in [3.05, 3.63) is 47.3 Å². The molecular formula is C28H39N5O6. The SMILES string of the molecule is Cc1noc(C)c1NC(=O)N1C[C@@H](O)COC[C@@H]2O[C@@H](CC(=O)N[C@H]3CCN(Cc4ccccc4)C3)CC[C@H]21. The van der Waals surface area contributed by atoms with Gasteiger partial charge in [0, 0.05) is 25.7 Å². The van der Waals surface area contributed by atoms with Gasteiger partial charge in [-0.15, -0.1) is 0 Å². The zero-order valence-corrected chi connectivity index (χ0v) is 22.7. The molecule has 11 heteroatoms. The predicted molar refractivity (Wildman–Crippen MR) is 143 cm³/mol. The number of aliphatic hydroxyl groups is 1. The Hall–Kier alpha value is -2.99. The van der Waals surface area contributed by atoms with Crippen molar-refractivity contribution >= 4 is 17.6 Å². The van der Waals surface area contributed by atoms with E-state index in [0.717, 1.165) is 26.1 Å². The topological polar surface area (TPSA) is 129 Å². The van der Waals surface area contributed by atoms with Crippen LogP contribution in [-0.2, 0) is 20.8 Å². The average molecular weight is 542 g/mol. The molecule has 3 amide bonds. The average Bonchev–Trinajstić information content (AvgIpc) is 3.47. The van der Waals surface area contributed by atoms with Crippen molar-refractivity contribution in [3.63, 3.8) is 0 Å². The summed E-state index contributed by atoms with van der Waals surface area (Å²) in [5.74, 6) is 0.505. The first-order chi connectivity index (χ1) is 18.9. The van der Waals surface area contributed by atoms with Crippen LogP contribution in [0.5, 0.6) is 0 Å². The maximum Gasteiger partial charge on any atom is 0.322 e. The number of nitrogens with one attached hydrogen (secondary N) is 2. The number of β-amino-alcohol motifs (C(OH)–C–C–N with tert-alkyl or cyclic N) is 1. The molecule has 5 rings (SSSR count). The normalized spacial score (nSPS) is 27.9. The second-order valence-corrected chi connectivity index (χ2v) is 10.9. The lowest BCUT2D eigenvalue weighted by Gasteiger charge is -2.44. The lowest BCUT2D eigenvalue weighted by atomic mass is 9.95. The quantitative estimate of drug-likeness (QED) is 0.508. The number of aryl methyl sites for hydroxylation is 2. The standard InChI is InChI=1S/C28H39N5O6/c1-18-27(19(2)39-31-18)30-28(36)33-15-22(34)16-37-17-25-24(33)9-8-23(38-25)12-26(35)29-21-10-11-32(14-21)13-20-6-4-3-5-7-20/h3-7,21-25,34H,8-17H2,1-2H3,(H,29,35)(H,30,36)/t21-,22+,23+,24+,25-/m0/s1. The second kappa shape index (κ2) is 12.5. The van der Waals surface area contributed by atoms with Gasteiger partial charge in [-0.1, -0.05) is 35.5 Å². The summed E-state index contributed by atoms with van der Waals surface area (Å²) in [6, 6.07) is 9.86. The van der Waals surface area contributed by atoms with Crippen molar-refractivity contribution in [2.75, 3.05) is 38.2 Å². The third-order valence-corrected chi connectivity index (χ3v) is 7.81. The van der Waals surface area contributed by atoms with Crippen LogP contribution in [0.25, 0.3) is 0 Å². The Morgan fingerprint density at radius 1 is 1.10 bits per heavy atom. The fraction of sp³-hybridized carbons (Fsp3) is 0.607. The van der Waals surface area contributed by atoms with Gasteiger partial charge in [0.25, 0.3) is 0 Å². The minimum absolute atomic E-state index is 0.0137. The summed E-state index contributed by atoms with van der Waals surface area (Å²) in [6.45, 7) is 6.64. The number of hydrogen-bond acceptors (Lipinski definition) is 8. The third kappa shape index (κ3) is 6.96. The number of rotatable bonds is 6. The van der Waals surface area contributed by atoms with Crippen LogP contribution in [0.2, 0.25) is 0 Å². The summed E-state index contributed by atoms with van der Waals surface area (Å²) in [6.07, 6.45) is 1.01. The van der Waals surface area contributed by atoms with E-state index >= 15 is 0 Å². The van der Waals surface area contributed by atoms with Gasteiger partial charge in [-0.2, -0.15) is 0 Å². The number of ether oxygens (including phenoxy) is 2. The van der Waals surface area contributed by atoms with Crippen LogP contribution in [0.1, 0.15) is 42.7 Å².